The van der Waals surface area contributed by atoms with E-state index in [2.05, 4.69) is 33.2 Å². The van der Waals surface area contributed by atoms with Gasteiger partial charge in [-0.1, -0.05) is 35.3 Å². The lowest BCUT2D eigenvalue weighted by molar-refractivity contribution is 0.477. The lowest BCUT2D eigenvalue weighted by atomic mass is 10.2. The van der Waals surface area contributed by atoms with Crippen molar-refractivity contribution in [2.24, 2.45) is 4.99 Å². The number of hydrogen-bond acceptors (Lipinski definition) is 2. The van der Waals surface area contributed by atoms with Crippen molar-refractivity contribution < 1.29 is 0 Å². The molecule has 0 atom stereocenters. The van der Waals surface area contributed by atoms with Crippen LogP contribution in [0.2, 0.25) is 10.0 Å². The lowest BCUT2D eigenvalue weighted by Crippen LogP contribution is -2.38. The molecule has 0 amide bonds. The largest absolute Gasteiger partial charge is 0.357 e. The van der Waals surface area contributed by atoms with Gasteiger partial charge in [0, 0.05) is 39.1 Å². The van der Waals surface area contributed by atoms with Crippen molar-refractivity contribution in [3.63, 3.8) is 0 Å². The molecule has 24 heavy (non-hydrogen) atoms. The van der Waals surface area contributed by atoms with Gasteiger partial charge < -0.3 is 10.2 Å². The summed E-state index contributed by atoms with van der Waals surface area (Å²) in [5, 5.41) is 4.46. The predicted octanol–water partition coefficient (Wildman–Crippen LogP) is 4.03. The van der Waals surface area contributed by atoms with Crippen molar-refractivity contribution in [3.8, 4) is 0 Å². The summed E-state index contributed by atoms with van der Waals surface area (Å²) in [7, 11) is 2.01. The zero-order valence-corrected chi connectivity index (χ0v) is 15.5. The molecule has 0 aliphatic rings. The fourth-order valence-corrected chi connectivity index (χ4v) is 2.61. The van der Waals surface area contributed by atoms with Gasteiger partial charge in [-0.2, -0.15) is 0 Å². The van der Waals surface area contributed by atoms with Crippen LogP contribution in [0.3, 0.4) is 0 Å². The summed E-state index contributed by atoms with van der Waals surface area (Å²) in [5.74, 6) is 0.868. The van der Waals surface area contributed by atoms with Crippen molar-refractivity contribution in [2.75, 3.05) is 20.1 Å². The quantitative estimate of drug-likeness (QED) is 0.621. The van der Waals surface area contributed by atoms with Crippen molar-refractivity contribution in [1.29, 1.82) is 0 Å². The van der Waals surface area contributed by atoms with Crippen LogP contribution in [0.4, 0.5) is 0 Å². The maximum atomic E-state index is 6.09. The Labute approximate surface area is 153 Å². The van der Waals surface area contributed by atoms with Crippen LogP contribution in [0.15, 0.2) is 47.7 Å². The Morgan fingerprint density at radius 3 is 2.71 bits per heavy atom. The van der Waals surface area contributed by atoms with Crippen LogP contribution in [0.25, 0.3) is 0 Å². The normalized spacial score (nSPS) is 11.4. The van der Waals surface area contributed by atoms with E-state index < -0.39 is 0 Å². The van der Waals surface area contributed by atoms with Gasteiger partial charge in [-0.25, -0.2) is 0 Å². The van der Waals surface area contributed by atoms with Crippen LogP contribution in [0, 0.1) is 0 Å². The summed E-state index contributed by atoms with van der Waals surface area (Å²) in [6.45, 7) is 4.29. The summed E-state index contributed by atoms with van der Waals surface area (Å²) in [5.41, 5.74) is 2.27. The van der Waals surface area contributed by atoms with Crippen molar-refractivity contribution in [2.45, 2.75) is 19.9 Å². The van der Waals surface area contributed by atoms with Crippen LogP contribution >= 0.6 is 23.2 Å². The first-order chi connectivity index (χ1) is 11.6. The second-order valence-electron chi connectivity index (χ2n) is 5.45. The molecule has 1 heterocycles. The molecule has 0 unspecified atom stereocenters. The number of rotatable bonds is 6. The molecule has 0 aliphatic heterocycles. The van der Waals surface area contributed by atoms with Crippen LogP contribution in [0.1, 0.15) is 18.1 Å². The van der Waals surface area contributed by atoms with Gasteiger partial charge in [0.1, 0.15) is 0 Å². The van der Waals surface area contributed by atoms with E-state index in [9.17, 15) is 0 Å². The molecule has 4 nitrogen and oxygen atoms in total. The summed E-state index contributed by atoms with van der Waals surface area (Å²) in [4.78, 5) is 10.9. The number of pyridine rings is 1. The molecule has 0 fully saturated rings. The summed E-state index contributed by atoms with van der Waals surface area (Å²) < 4.78 is 0. The monoisotopic (exact) mass is 364 g/mol. The number of nitrogens with zero attached hydrogens (tertiary/aromatic N) is 3. The number of halogens is 2. The third-order valence-electron chi connectivity index (χ3n) is 3.49. The molecular weight excluding hydrogens is 343 g/mol. The highest BCUT2D eigenvalue weighted by molar-refractivity contribution is 6.42. The first-order valence-corrected chi connectivity index (χ1v) is 8.68. The Morgan fingerprint density at radius 2 is 2.04 bits per heavy atom. The highest BCUT2D eigenvalue weighted by Crippen LogP contribution is 2.23. The fraction of sp³-hybridized carbons (Fsp3) is 0.333. The Morgan fingerprint density at radius 1 is 1.21 bits per heavy atom. The SMILES string of the molecule is CCNC(=NCCc1cccnc1)N(C)Cc1ccc(Cl)c(Cl)c1. The van der Waals surface area contributed by atoms with E-state index in [4.69, 9.17) is 23.2 Å². The molecular formula is C18H22Cl2N4. The molecule has 1 N–H and O–H groups in total. The molecule has 0 radical (unpaired) electrons. The lowest BCUT2D eigenvalue weighted by Gasteiger charge is -2.22. The standard InChI is InChI=1S/C18H22Cl2N4/c1-3-22-18(23-10-8-14-5-4-9-21-12-14)24(2)13-15-6-7-16(19)17(20)11-15/h4-7,9,11-12H,3,8,10,13H2,1-2H3,(H,22,23). The molecule has 0 aliphatic carbocycles. The summed E-state index contributed by atoms with van der Waals surface area (Å²) in [6.07, 6.45) is 4.52. The minimum absolute atomic E-state index is 0.570. The van der Waals surface area contributed by atoms with Crippen LogP contribution in [-0.2, 0) is 13.0 Å². The number of benzene rings is 1. The van der Waals surface area contributed by atoms with Gasteiger partial charge in [0.2, 0.25) is 0 Å². The molecule has 0 spiro atoms. The molecule has 2 rings (SSSR count). The third-order valence-corrected chi connectivity index (χ3v) is 4.22. The Bertz CT molecular complexity index is 674. The van der Waals surface area contributed by atoms with E-state index in [-0.39, 0.29) is 0 Å². The van der Waals surface area contributed by atoms with Crippen LogP contribution < -0.4 is 5.32 Å². The third kappa shape index (κ3) is 5.69. The topological polar surface area (TPSA) is 40.5 Å². The Kier molecular flexibility index (Phi) is 7.35. The van der Waals surface area contributed by atoms with E-state index in [1.807, 2.05) is 37.5 Å². The van der Waals surface area contributed by atoms with Gasteiger partial charge in [-0.15, -0.1) is 0 Å². The number of hydrogen-bond donors (Lipinski definition) is 1. The smallest absolute Gasteiger partial charge is 0.193 e. The highest BCUT2D eigenvalue weighted by Gasteiger charge is 2.08. The van der Waals surface area contributed by atoms with Gasteiger partial charge in [-0.3, -0.25) is 9.98 Å². The van der Waals surface area contributed by atoms with Crippen molar-refractivity contribution in [3.05, 3.63) is 63.9 Å². The van der Waals surface area contributed by atoms with Gasteiger partial charge in [-0.05, 0) is 42.7 Å². The van der Waals surface area contributed by atoms with Gasteiger partial charge in [0.05, 0.1) is 10.0 Å². The molecule has 1 aromatic heterocycles. The molecule has 0 bridgehead atoms. The number of aromatic nitrogens is 1. The second-order valence-corrected chi connectivity index (χ2v) is 6.27. The Balaban J connectivity index is 1.99. The number of nitrogens with one attached hydrogen (secondary N) is 1. The summed E-state index contributed by atoms with van der Waals surface area (Å²) in [6, 6.07) is 9.69. The molecule has 2 aromatic rings. The molecule has 1 aromatic carbocycles. The minimum atomic E-state index is 0.570. The maximum absolute atomic E-state index is 6.09. The van der Waals surface area contributed by atoms with E-state index in [1.54, 1.807) is 6.20 Å². The van der Waals surface area contributed by atoms with Crippen molar-refractivity contribution in [1.82, 2.24) is 15.2 Å². The van der Waals surface area contributed by atoms with E-state index in [0.717, 1.165) is 24.5 Å². The zero-order valence-electron chi connectivity index (χ0n) is 14.0. The van der Waals surface area contributed by atoms with Crippen LogP contribution in [-0.4, -0.2) is 36.0 Å². The average Bonchev–Trinajstić information content (AvgIpc) is 2.58. The van der Waals surface area contributed by atoms with E-state index in [1.165, 1.54) is 5.56 Å². The van der Waals surface area contributed by atoms with E-state index in [0.29, 0.717) is 23.1 Å². The maximum Gasteiger partial charge on any atom is 0.193 e. The summed E-state index contributed by atoms with van der Waals surface area (Å²) >= 11 is 12.1. The zero-order chi connectivity index (χ0) is 17.4. The van der Waals surface area contributed by atoms with E-state index >= 15 is 0 Å². The van der Waals surface area contributed by atoms with Crippen molar-refractivity contribution >= 4 is 29.2 Å². The molecule has 0 saturated heterocycles. The van der Waals surface area contributed by atoms with Gasteiger partial charge >= 0.3 is 0 Å². The fourth-order valence-electron chi connectivity index (χ4n) is 2.29. The second kappa shape index (κ2) is 9.50. The number of aliphatic imine (C=N–C) groups is 1. The van der Waals surface area contributed by atoms with Gasteiger partial charge in [0.25, 0.3) is 0 Å². The molecule has 6 heteroatoms. The number of guanidine groups is 1. The highest BCUT2D eigenvalue weighted by atomic mass is 35.5. The minimum Gasteiger partial charge on any atom is -0.357 e. The predicted molar refractivity (Wildman–Crippen MR) is 102 cm³/mol. The first-order valence-electron chi connectivity index (χ1n) is 7.92. The average molecular weight is 365 g/mol. The molecule has 128 valence electrons. The first kappa shape index (κ1) is 18.6. The van der Waals surface area contributed by atoms with Gasteiger partial charge in [0.15, 0.2) is 5.96 Å². The van der Waals surface area contributed by atoms with Crippen LogP contribution in [0.5, 0.6) is 0 Å². The Hall–Kier alpha value is -1.78. The molecule has 0 saturated carbocycles.